The number of amides is 1. The fraction of sp³-hybridized carbons (Fsp3) is 0.412. The number of hydrogen-bond donors (Lipinski definition) is 0. The first-order chi connectivity index (χ1) is 11.2. The third-order valence-corrected chi connectivity index (χ3v) is 3.84. The second-order valence-corrected chi connectivity index (χ2v) is 5.66. The van der Waals surface area contributed by atoms with Crippen molar-refractivity contribution in [1.29, 1.82) is 0 Å². The van der Waals surface area contributed by atoms with E-state index in [1.54, 1.807) is 29.2 Å². The van der Waals surface area contributed by atoms with Crippen LogP contribution >= 0.6 is 0 Å². The average Bonchev–Trinajstić information content (AvgIpc) is 2.96. The molecular weight excluding hydrogens is 299 g/mol. The van der Waals surface area contributed by atoms with E-state index in [1.807, 2.05) is 6.92 Å². The number of aromatic nitrogens is 1. The van der Waals surface area contributed by atoms with Crippen molar-refractivity contribution in [3.63, 3.8) is 0 Å². The second-order valence-electron chi connectivity index (χ2n) is 5.66. The minimum absolute atomic E-state index is 0.0689. The van der Waals surface area contributed by atoms with Crippen LogP contribution in [0.1, 0.15) is 35.2 Å². The number of carbonyl (C=O) groups is 1. The summed E-state index contributed by atoms with van der Waals surface area (Å²) in [5.41, 5.74) is 0.860. The molecule has 1 fully saturated rings. The maximum Gasteiger partial charge on any atom is 0.276 e. The molecule has 2 heterocycles. The highest BCUT2D eigenvalue weighted by Gasteiger charge is 2.33. The third-order valence-electron chi connectivity index (χ3n) is 3.84. The lowest BCUT2D eigenvalue weighted by molar-refractivity contribution is -0.0512. The molecule has 2 aromatic rings. The molecule has 5 nitrogen and oxygen atoms in total. The molecule has 0 spiro atoms. The van der Waals surface area contributed by atoms with Gasteiger partial charge in [-0.3, -0.25) is 4.79 Å². The maximum atomic E-state index is 13.5. The molecule has 0 bridgehead atoms. The van der Waals surface area contributed by atoms with Crippen molar-refractivity contribution < 1.29 is 18.4 Å². The van der Waals surface area contributed by atoms with E-state index in [1.165, 1.54) is 6.07 Å². The maximum absolute atomic E-state index is 13.5. The smallest absolute Gasteiger partial charge is 0.276 e. The molecule has 0 unspecified atom stereocenters. The Kier molecular flexibility index (Phi) is 4.71. The lowest BCUT2D eigenvalue weighted by atomic mass is 10.1. The predicted molar refractivity (Wildman–Crippen MR) is 81.4 cm³/mol. The van der Waals surface area contributed by atoms with Crippen molar-refractivity contribution in [3.05, 3.63) is 53.2 Å². The van der Waals surface area contributed by atoms with Gasteiger partial charge in [0.25, 0.3) is 5.91 Å². The molecule has 1 aromatic carbocycles. The SMILES string of the molecule is CCCc1cc(C(=O)N2CC(OCc3ccccc3F)C2)no1. The molecule has 1 aliphatic heterocycles. The van der Waals surface area contributed by atoms with E-state index in [-0.39, 0.29) is 24.4 Å². The van der Waals surface area contributed by atoms with E-state index in [4.69, 9.17) is 9.26 Å². The summed E-state index contributed by atoms with van der Waals surface area (Å²) in [6.45, 7) is 3.23. The molecule has 23 heavy (non-hydrogen) atoms. The van der Waals surface area contributed by atoms with Gasteiger partial charge in [-0.25, -0.2) is 4.39 Å². The van der Waals surface area contributed by atoms with Crippen LogP contribution in [0.4, 0.5) is 4.39 Å². The van der Waals surface area contributed by atoms with Crippen LogP contribution in [-0.4, -0.2) is 35.2 Å². The fourth-order valence-electron chi connectivity index (χ4n) is 2.47. The second kappa shape index (κ2) is 6.91. The molecule has 0 aliphatic carbocycles. The lowest BCUT2D eigenvalue weighted by Crippen LogP contribution is -2.54. The summed E-state index contributed by atoms with van der Waals surface area (Å²) in [7, 11) is 0. The monoisotopic (exact) mass is 318 g/mol. The van der Waals surface area contributed by atoms with Crippen LogP contribution in [0.3, 0.4) is 0 Å². The van der Waals surface area contributed by atoms with Crippen molar-refractivity contribution in [2.75, 3.05) is 13.1 Å². The highest BCUT2D eigenvalue weighted by Crippen LogP contribution is 2.18. The summed E-state index contributed by atoms with van der Waals surface area (Å²) in [5.74, 6) is 0.302. The number of nitrogens with zero attached hydrogens (tertiary/aromatic N) is 2. The van der Waals surface area contributed by atoms with Gasteiger partial charge in [-0.2, -0.15) is 0 Å². The van der Waals surface area contributed by atoms with Crippen LogP contribution in [0.2, 0.25) is 0 Å². The van der Waals surface area contributed by atoms with Gasteiger partial charge in [-0.15, -0.1) is 0 Å². The Balaban J connectivity index is 1.47. The quantitative estimate of drug-likeness (QED) is 0.822. The average molecular weight is 318 g/mol. The van der Waals surface area contributed by atoms with Crippen LogP contribution in [-0.2, 0) is 17.8 Å². The molecule has 1 aromatic heterocycles. The highest BCUT2D eigenvalue weighted by molar-refractivity contribution is 5.92. The van der Waals surface area contributed by atoms with Gasteiger partial charge in [0, 0.05) is 31.1 Å². The van der Waals surface area contributed by atoms with E-state index in [2.05, 4.69) is 5.16 Å². The molecule has 6 heteroatoms. The molecule has 1 aliphatic rings. The minimum atomic E-state index is -0.272. The van der Waals surface area contributed by atoms with Crippen LogP contribution in [0.25, 0.3) is 0 Å². The van der Waals surface area contributed by atoms with Crippen LogP contribution in [0.15, 0.2) is 34.9 Å². The van der Waals surface area contributed by atoms with Gasteiger partial charge in [0.2, 0.25) is 0 Å². The van der Waals surface area contributed by atoms with Crippen LogP contribution < -0.4 is 0 Å². The Morgan fingerprint density at radius 1 is 1.43 bits per heavy atom. The Labute approximate surface area is 134 Å². The van der Waals surface area contributed by atoms with Gasteiger partial charge in [-0.1, -0.05) is 30.3 Å². The first-order valence-corrected chi connectivity index (χ1v) is 7.77. The van der Waals surface area contributed by atoms with Crippen molar-refractivity contribution in [2.45, 2.75) is 32.5 Å². The number of likely N-dealkylation sites (tertiary alicyclic amines) is 1. The van der Waals surface area contributed by atoms with Crippen LogP contribution in [0.5, 0.6) is 0 Å². The number of benzene rings is 1. The number of aryl methyl sites for hydroxylation is 1. The number of hydrogen-bond acceptors (Lipinski definition) is 4. The van der Waals surface area contributed by atoms with Gasteiger partial charge in [-0.05, 0) is 12.5 Å². The summed E-state index contributed by atoms with van der Waals surface area (Å²) in [6.07, 6.45) is 1.65. The zero-order valence-electron chi connectivity index (χ0n) is 13.0. The van der Waals surface area contributed by atoms with Crippen molar-refractivity contribution in [2.24, 2.45) is 0 Å². The van der Waals surface area contributed by atoms with Crippen molar-refractivity contribution in [3.8, 4) is 0 Å². The number of ether oxygens (including phenoxy) is 1. The molecule has 0 saturated carbocycles. The predicted octanol–water partition coefficient (Wildman–Crippen LogP) is 2.81. The Morgan fingerprint density at radius 2 is 2.22 bits per heavy atom. The van der Waals surface area contributed by atoms with Gasteiger partial charge in [0.1, 0.15) is 11.6 Å². The zero-order valence-corrected chi connectivity index (χ0v) is 13.0. The molecule has 3 rings (SSSR count). The Morgan fingerprint density at radius 3 is 2.96 bits per heavy atom. The summed E-state index contributed by atoms with van der Waals surface area (Å²) in [6, 6.07) is 8.22. The lowest BCUT2D eigenvalue weighted by Gasteiger charge is -2.38. The van der Waals surface area contributed by atoms with E-state index in [9.17, 15) is 9.18 Å². The summed E-state index contributed by atoms with van der Waals surface area (Å²) in [5, 5.41) is 3.81. The topological polar surface area (TPSA) is 55.6 Å². The minimum Gasteiger partial charge on any atom is -0.370 e. The standard InChI is InChI=1S/C17H19FN2O3/c1-2-5-13-8-16(19-23-13)17(21)20-9-14(10-20)22-11-12-6-3-4-7-15(12)18/h3-4,6-8,14H,2,5,9-11H2,1H3. The van der Waals surface area contributed by atoms with Gasteiger partial charge in [0.05, 0.1) is 12.7 Å². The van der Waals surface area contributed by atoms with Gasteiger partial charge in [0.15, 0.2) is 5.69 Å². The van der Waals surface area contributed by atoms with Gasteiger partial charge < -0.3 is 14.2 Å². The summed E-state index contributed by atoms with van der Waals surface area (Å²) in [4.78, 5) is 13.9. The van der Waals surface area contributed by atoms with E-state index in [0.29, 0.717) is 24.3 Å². The highest BCUT2D eigenvalue weighted by atomic mass is 19.1. The normalized spacial score (nSPS) is 14.8. The molecule has 0 radical (unpaired) electrons. The van der Waals surface area contributed by atoms with E-state index >= 15 is 0 Å². The molecule has 0 atom stereocenters. The van der Waals surface area contributed by atoms with E-state index < -0.39 is 0 Å². The zero-order chi connectivity index (χ0) is 16.2. The summed E-state index contributed by atoms with van der Waals surface area (Å²) < 4.78 is 24.2. The number of rotatable bonds is 6. The van der Waals surface area contributed by atoms with E-state index in [0.717, 1.165) is 18.6 Å². The summed E-state index contributed by atoms with van der Waals surface area (Å²) >= 11 is 0. The Hall–Kier alpha value is -2.21. The Bertz CT molecular complexity index is 680. The molecule has 1 amide bonds. The van der Waals surface area contributed by atoms with Crippen molar-refractivity contribution >= 4 is 5.91 Å². The molecule has 0 N–H and O–H groups in total. The molecular formula is C17H19FN2O3. The third kappa shape index (κ3) is 3.59. The number of halogens is 1. The first-order valence-electron chi connectivity index (χ1n) is 7.77. The first kappa shape index (κ1) is 15.7. The van der Waals surface area contributed by atoms with Crippen molar-refractivity contribution in [1.82, 2.24) is 10.1 Å². The fourth-order valence-corrected chi connectivity index (χ4v) is 2.47. The number of carbonyl (C=O) groups excluding carboxylic acids is 1. The molecule has 122 valence electrons. The van der Waals surface area contributed by atoms with Crippen LogP contribution in [0, 0.1) is 5.82 Å². The van der Waals surface area contributed by atoms with Gasteiger partial charge >= 0.3 is 0 Å². The molecule has 1 saturated heterocycles. The largest absolute Gasteiger partial charge is 0.370 e.